The first-order valence-electron chi connectivity index (χ1n) is 4.25. The van der Waals surface area contributed by atoms with Crippen LogP contribution in [-0.2, 0) is 9.59 Å². The topological polar surface area (TPSA) is 46.2 Å². The van der Waals surface area contributed by atoms with Gasteiger partial charge in [-0.15, -0.1) is 0 Å². The molecule has 5 heteroatoms. The molecule has 1 aromatic carbocycles. The molecule has 3 nitrogen and oxygen atoms in total. The molecular formula is C10H9BrFNO2. The van der Waals surface area contributed by atoms with Crippen molar-refractivity contribution in [3.63, 3.8) is 0 Å². The van der Waals surface area contributed by atoms with Crippen molar-refractivity contribution in [1.82, 2.24) is 0 Å². The second-order valence-corrected chi connectivity index (χ2v) is 3.46. The minimum absolute atomic E-state index is 0.157. The van der Waals surface area contributed by atoms with Crippen molar-refractivity contribution in [3.8, 4) is 0 Å². The van der Waals surface area contributed by atoms with Crippen LogP contribution >= 0.6 is 15.9 Å². The van der Waals surface area contributed by atoms with Gasteiger partial charge in [-0.1, -0.05) is 15.9 Å². The molecule has 0 aliphatic rings. The van der Waals surface area contributed by atoms with Crippen LogP contribution in [0.1, 0.15) is 6.42 Å². The first kappa shape index (κ1) is 11.8. The Morgan fingerprint density at radius 1 is 1.27 bits per heavy atom. The van der Waals surface area contributed by atoms with Gasteiger partial charge < -0.3 is 5.32 Å². The van der Waals surface area contributed by atoms with E-state index in [0.717, 1.165) is 0 Å². The van der Waals surface area contributed by atoms with E-state index in [9.17, 15) is 14.0 Å². The zero-order chi connectivity index (χ0) is 11.3. The average molecular weight is 274 g/mol. The van der Waals surface area contributed by atoms with Gasteiger partial charge in [0.1, 0.15) is 5.82 Å². The van der Waals surface area contributed by atoms with Crippen LogP contribution in [-0.4, -0.2) is 17.0 Å². The first-order valence-corrected chi connectivity index (χ1v) is 5.37. The fraction of sp³-hybridized carbons (Fsp3) is 0.200. The van der Waals surface area contributed by atoms with Crippen molar-refractivity contribution in [1.29, 1.82) is 0 Å². The number of nitrogens with one attached hydrogen (secondary N) is 1. The van der Waals surface area contributed by atoms with Crippen LogP contribution in [0.5, 0.6) is 0 Å². The Kier molecular flexibility index (Phi) is 4.42. The van der Waals surface area contributed by atoms with E-state index in [1.807, 2.05) is 0 Å². The summed E-state index contributed by atoms with van der Waals surface area (Å²) in [6.45, 7) is 0. The van der Waals surface area contributed by atoms with Crippen molar-refractivity contribution in [2.75, 3.05) is 10.6 Å². The molecule has 1 N–H and O–H groups in total. The number of rotatable bonds is 4. The minimum Gasteiger partial charge on any atom is -0.326 e. The average Bonchev–Trinajstić information content (AvgIpc) is 2.21. The van der Waals surface area contributed by atoms with Gasteiger partial charge in [0.15, 0.2) is 5.78 Å². The molecule has 1 aromatic rings. The maximum absolute atomic E-state index is 12.5. The molecule has 0 spiro atoms. The lowest BCUT2D eigenvalue weighted by molar-refractivity contribution is -0.123. The van der Waals surface area contributed by atoms with Gasteiger partial charge in [0.05, 0.1) is 11.8 Å². The maximum Gasteiger partial charge on any atom is 0.231 e. The number of anilines is 1. The van der Waals surface area contributed by atoms with Crippen LogP contribution in [0.2, 0.25) is 0 Å². The van der Waals surface area contributed by atoms with Crippen LogP contribution in [0.4, 0.5) is 10.1 Å². The lowest BCUT2D eigenvalue weighted by atomic mass is 10.2. The summed E-state index contributed by atoms with van der Waals surface area (Å²) in [5.41, 5.74) is 0.476. The fourth-order valence-corrected chi connectivity index (χ4v) is 1.16. The number of Topliss-reactive ketones (excluding diaryl/α,β-unsaturated/α-hetero) is 1. The summed E-state index contributed by atoms with van der Waals surface area (Å²) in [4.78, 5) is 22.1. The van der Waals surface area contributed by atoms with E-state index in [4.69, 9.17) is 0 Å². The number of alkyl halides is 1. The molecule has 0 aromatic heterocycles. The summed E-state index contributed by atoms with van der Waals surface area (Å²) in [6, 6.07) is 5.35. The van der Waals surface area contributed by atoms with E-state index in [-0.39, 0.29) is 23.4 Å². The number of hydrogen-bond donors (Lipinski definition) is 1. The Labute approximate surface area is 94.8 Å². The van der Waals surface area contributed by atoms with Gasteiger partial charge in [0.2, 0.25) is 5.91 Å². The summed E-state index contributed by atoms with van der Waals surface area (Å²) in [5.74, 6) is -0.967. The van der Waals surface area contributed by atoms with Crippen LogP contribution in [0.15, 0.2) is 24.3 Å². The van der Waals surface area contributed by atoms with Crippen LogP contribution in [0.3, 0.4) is 0 Å². The molecule has 0 heterocycles. The largest absolute Gasteiger partial charge is 0.326 e. The van der Waals surface area contributed by atoms with Gasteiger partial charge in [0.25, 0.3) is 0 Å². The summed E-state index contributed by atoms with van der Waals surface area (Å²) in [5, 5.41) is 2.64. The van der Waals surface area contributed by atoms with E-state index in [2.05, 4.69) is 21.2 Å². The Morgan fingerprint density at radius 2 is 1.87 bits per heavy atom. The first-order chi connectivity index (χ1) is 7.11. The molecule has 0 unspecified atom stereocenters. The molecule has 0 aliphatic heterocycles. The number of carbonyl (C=O) groups excluding carboxylic acids is 2. The molecule has 0 fully saturated rings. The van der Waals surface area contributed by atoms with E-state index in [0.29, 0.717) is 5.69 Å². The Hall–Kier alpha value is -1.23. The highest BCUT2D eigenvalue weighted by atomic mass is 79.9. The van der Waals surface area contributed by atoms with E-state index in [1.165, 1.54) is 24.3 Å². The third kappa shape index (κ3) is 4.20. The summed E-state index contributed by atoms with van der Waals surface area (Å²) in [7, 11) is 0. The molecule has 0 bridgehead atoms. The van der Waals surface area contributed by atoms with E-state index >= 15 is 0 Å². The number of halogens is 2. The minimum atomic E-state index is -0.397. The number of amides is 1. The molecule has 1 amide bonds. The van der Waals surface area contributed by atoms with Crippen molar-refractivity contribution in [3.05, 3.63) is 30.1 Å². The molecule has 0 aliphatic carbocycles. The third-order valence-corrected chi connectivity index (χ3v) is 2.26. The standard InChI is InChI=1S/C10H9BrFNO2/c11-6-9(14)5-10(15)13-8-3-1-7(12)2-4-8/h1-4H,5-6H2,(H,13,15). The van der Waals surface area contributed by atoms with Crippen molar-refractivity contribution in [2.45, 2.75) is 6.42 Å². The normalized spacial score (nSPS) is 9.73. The van der Waals surface area contributed by atoms with Gasteiger partial charge >= 0.3 is 0 Å². The van der Waals surface area contributed by atoms with Crippen molar-refractivity contribution in [2.24, 2.45) is 0 Å². The number of ketones is 1. The maximum atomic E-state index is 12.5. The lowest BCUT2D eigenvalue weighted by Crippen LogP contribution is -2.16. The smallest absolute Gasteiger partial charge is 0.231 e. The number of benzene rings is 1. The molecule has 0 saturated heterocycles. The van der Waals surface area contributed by atoms with E-state index in [1.54, 1.807) is 0 Å². The van der Waals surface area contributed by atoms with Gasteiger partial charge in [-0.25, -0.2) is 4.39 Å². The summed E-state index contributed by atoms with van der Waals surface area (Å²) < 4.78 is 12.5. The fourth-order valence-electron chi connectivity index (χ4n) is 0.965. The summed E-state index contributed by atoms with van der Waals surface area (Å²) in [6.07, 6.45) is -0.178. The van der Waals surface area contributed by atoms with Gasteiger partial charge in [-0.2, -0.15) is 0 Å². The highest BCUT2D eigenvalue weighted by Gasteiger charge is 2.07. The molecular weight excluding hydrogens is 265 g/mol. The lowest BCUT2D eigenvalue weighted by Gasteiger charge is -2.03. The molecule has 0 atom stereocenters. The Bertz CT molecular complexity index is 364. The monoisotopic (exact) mass is 273 g/mol. The highest BCUT2D eigenvalue weighted by molar-refractivity contribution is 9.09. The quantitative estimate of drug-likeness (QED) is 0.675. The summed E-state index contributed by atoms with van der Waals surface area (Å²) >= 11 is 2.96. The van der Waals surface area contributed by atoms with Crippen molar-refractivity contribution < 1.29 is 14.0 Å². The zero-order valence-electron chi connectivity index (χ0n) is 7.80. The molecule has 80 valence electrons. The molecule has 15 heavy (non-hydrogen) atoms. The molecule has 0 saturated carbocycles. The predicted molar refractivity (Wildman–Crippen MR) is 58.4 cm³/mol. The van der Waals surface area contributed by atoms with Gasteiger partial charge in [0, 0.05) is 5.69 Å². The van der Waals surface area contributed by atoms with Gasteiger partial charge in [-0.05, 0) is 24.3 Å². The number of hydrogen-bond acceptors (Lipinski definition) is 2. The molecule has 1 rings (SSSR count). The Balaban J connectivity index is 2.51. The van der Waals surface area contributed by atoms with Gasteiger partial charge in [-0.3, -0.25) is 9.59 Å². The molecule has 0 radical (unpaired) electrons. The SMILES string of the molecule is O=C(CBr)CC(=O)Nc1ccc(F)cc1. The second-order valence-electron chi connectivity index (χ2n) is 2.90. The van der Waals surface area contributed by atoms with Crippen molar-refractivity contribution >= 4 is 33.3 Å². The van der Waals surface area contributed by atoms with Crippen LogP contribution in [0.25, 0.3) is 0 Å². The predicted octanol–water partition coefficient (Wildman–Crippen LogP) is 2.12. The highest BCUT2D eigenvalue weighted by Crippen LogP contribution is 2.08. The second kappa shape index (κ2) is 5.60. The number of carbonyl (C=O) groups is 2. The third-order valence-electron chi connectivity index (χ3n) is 1.63. The van der Waals surface area contributed by atoms with E-state index < -0.39 is 5.91 Å². The van der Waals surface area contributed by atoms with Crippen LogP contribution in [0, 0.1) is 5.82 Å². The van der Waals surface area contributed by atoms with Crippen LogP contribution < -0.4 is 5.32 Å². The zero-order valence-corrected chi connectivity index (χ0v) is 9.38. The Morgan fingerprint density at radius 3 is 2.40 bits per heavy atom.